The number of hydrogen-bond donors (Lipinski definition) is 1. The highest BCUT2D eigenvalue weighted by Crippen LogP contribution is 2.15. The number of nitrogen functional groups attached to an aromatic ring is 1. The summed E-state index contributed by atoms with van der Waals surface area (Å²) in [6.45, 7) is 0. The van der Waals surface area contributed by atoms with Crippen LogP contribution in [0.4, 0.5) is 5.69 Å². The Morgan fingerprint density at radius 2 is 1.88 bits per heavy atom. The number of rotatable bonds is 3. The van der Waals surface area contributed by atoms with Gasteiger partial charge in [0.05, 0.1) is 7.11 Å². The van der Waals surface area contributed by atoms with Gasteiger partial charge in [-0.1, -0.05) is 18.2 Å². The van der Waals surface area contributed by atoms with Crippen molar-refractivity contribution in [2.24, 2.45) is 0 Å². The van der Waals surface area contributed by atoms with E-state index in [1.807, 2.05) is 24.3 Å². The Morgan fingerprint density at radius 1 is 1.12 bits per heavy atom. The van der Waals surface area contributed by atoms with Crippen LogP contribution < -0.4 is 10.5 Å². The van der Waals surface area contributed by atoms with Gasteiger partial charge < -0.3 is 10.5 Å². The number of methoxy groups -OCH3 is 1. The molecule has 0 aromatic heterocycles. The smallest absolute Gasteiger partial charge is 0.118 e. The molecule has 0 amide bonds. The molecule has 0 saturated heterocycles. The number of anilines is 1. The molecule has 0 aliphatic heterocycles. The van der Waals surface area contributed by atoms with Crippen molar-refractivity contribution in [3.05, 3.63) is 59.7 Å². The van der Waals surface area contributed by atoms with E-state index in [-0.39, 0.29) is 0 Å². The van der Waals surface area contributed by atoms with Gasteiger partial charge in [0.25, 0.3) is 0 Å². The van der Waals surface area contributed by atoms with E-state index in [0.29, 0.717) is 0 Å². The lowest BCUT2D eigenvalue weighted by Crippen LogP contribution is -1.90. The van der Waals surface area contributed by atoms with E-state index in [0.717, 1.165) is 23.4 Å². The van der Waals surface area contributed by atoms with Crippen LogP contribution in [-0.2, 0) is 6.42 Å². The van der Waals surface area contributed by atoms with Gasteiger partial charge in [-0.25, -0.2) is 0 Å². The highest BCUT2D eigenvalue weighted by atomic mass is 16.5. The zero-order valence-electron chi connectivity index (χ0n) is 9.23. The Morgan fingerprint density at radius 3 is 2.44 bits per heavy atom. The molecule has 0 saturated carbocycles. The maximum absolute atomic E-state index is 5.61. The molecule has 1 radical (unpaired) electrons. The first-order valence-electron chi connectivity index (χ1n) is 5.17. The van der Waals surface area contributed by atoms with E-state index in [9.17, 15) is 0 Å². The van der Waals surface area contributed by atoms with Gasteiger partial charge in [0.15, 0.2) is 0 Å². The Balaban J connectivity index is 2.11. The number of ether oxygens (including phenoxy) is 1. The van der Waals surface area contributed by atoms with Crippen LogP contribution in [-0.4, -0.2) is 7.11 Å². The molecule has 0 atom stereocenters. The van der Waals surface area contributed by atoms with Crippen LogP contribution >= 0.6 is 0 Å². The molecule has 2 N–H and O–H groups in total. The van der Waals surface area contributed by atoms with Crippen molar-refractivity contribution in [3.63, 3.8) is 0 Å². The highest BCUT2D eigenvalue weighted by Gasteiger charge is 1.97. The number of hydrogen-bond acceptors (Lipinski definition) is 2. The molecule has 16 heavy (non-hydrogen) atoms. The molecule has 2 rings (SSSR count). The van der Waals surface area contributed by atoms with Gasteiger partial charge in [-0.2, -0.15) is 0 Å². The van der Waals surface area contributed by atoms with E-state index >= 15 is 0 Å². The van der Waals surface area contributed by atoms with Gasteiger partial charge in [-0.05, 0) is 47.9 Å². The summed E-state index contributed by atoms with van der Waals surface area (Å²) in [4.78, 5) is 0. The fraction of sp³-hybridized carbons (Fsp3) is 0.143. The molecule has 0 heterocycles. The second-order valence-corrected chi connectivity index (χ2v) is 3.67. The van der Waals surface area contributed by atoms with E-state index in [1.54, 1.807) is 13.2 Å². The summed E-state index contributed by atoms with van der Waals surface area (Å²) in [5, 5.41) is 0. The Bertz CT molecular complexity index is 445. The third kappa shape index (κ3) is 2.54. The van der Waals surface area contributed by atoms with Crippen molar-refractivity contribution in [2.45, 2.75) is 6.42 Å². The fourth-order valence-electron chi connectivity index (χ4n) is 1.54. The Labute approximate surface area is 95.7 Å². The minimum absolute atomic E-state index is 0.749. The number of benzene rings is 2. The van der Waals surface area contributed by atoms with Crippen LogP contribution in [0.2, 0.25) is 0 Å². The predicted octanol–water partition coefficient (Wildman–Crippen LogP) is 2.67. The van der Waals surface area contributed by atoms with Gasteiger partial charge in [-0.3, -0.25) is 0 Å². The van der Waals surface area contributed by atoms with Crippen LogP contribution in [0.15, 0.2) is 42.5 Å². The van der Waals surface area contributed by atoms with Crippen molar-refractivity contribution in [3.8, 4) is 5.75 Å². The molecular formula is C14H14NO. The molecule has 81 valence electrons. The van der Waals surface area contributed by atoms with Crippen LogP contribution in [0.3, 0.4) is 0 Å². The average Bonchev–Trinajstić information content (AvgIpc) is 2.33. The van der Waals surface area contributed by atoms with Gasteiger partial charge >= 0.3 is 0 Å². The second-order valence-electron chi connectivity index (χ2n) is 3.67. The van der Waals surface area contributed by atoms with E-state index in [1.165, 1.54) is 5.56 Å². The summed E-state index contributed by atoms with van der Waals surface area (Å²) in [5.74, 6) is 0.880. The van der Waals surface area contributed by atoms with Gasteiger partial charge in [0.1, 0.15) is 5.75 Å². The first-order chi connectivity index (χ1) is 7.78. The molecule has 0 spiro atoms. The minimum Gasteiger partial charge on any atom is -0.497 e. The summed E-state index contributed by atoms with van der Waals surface area (Å²) in [6.07, 6.45) is 0.865. The molecule has 0 aliphatic carbocycles. The normalized spacial score (nSPS) is 10.1. The fourth-order valence-corrected chi connectivity index (χ4v) is 1.54. The zero-order chi connectivity index (χ0) is 11.4. The third-order valence-corrected chi connectivity index (χ3v) is 2.45. The van der Waals surface area contributed by atoms with Crippen LogP contribution in [0, 0.1) is 6.07 Å². The van der Waals surface area contributed by atoms with Crippen LogP contribution in [0.25, 0.3) is 0 Å². The molecule has 0 aliphatic rings. The van der Waals surface area contributed by atoms with Gasteiger partial charge in [0.2, 0.25) is 0 Å². The summed E-state index contributed by atoms with van der Waals surface area (Å²) >= 11 is 0. The van der Waals surface area contributed by atoms with E-state index in [4.69, 9.17) is 10.5 Å². The lowest BCUT2D eigenvalue weighted by atomic mass is 10.0. The lowest BCUT2D eigenvalue weighted by molar-refractivity contribution is 0.414. The number of nitrogens with two attached hydrogens (primary N) is 1. The van der Waals surface area contributed by atoms with E-state index in [2.05, 4.69) is 18.2 Å². The van der Waals surface area contributed by atoms with Crippen molar-refractivity contribution in [1.29, 1.82) is 0 Å². The molecule has 2 nitrogen and oxygen atoms in total. The van der Waals surface area contributed by atoms with Crippen molar-refractivity contribution >= 4 is 5.69 Å². The average molecular weight is 212 g/mol. The molecule has 2 heteroatoms. The van der Waals surface area contributed by atoms with E-state index < -0.39 is 0 Å². The maximum atomic E-state index is 5.61. The first-order valence-corrected chi connectivity index (χ1v) is 5.17. The highest BCUT2D eigenvalue weighted by molar-refractivity contribution is 5.40. The predicted molar refractivity (Wildman–Crippen MR) is 65.5 cm³/mol. The van der Waals surface area contributed by atoms with Gasteiger partial charge in [0, 0.05) is 5.69 Å². The summed E-state index contributed by atoms with van der Waals surface area (Å²) < 4.78 is 5.11. The summed E-state index contributed by atoms with van der Waals surface area (Å²) in [6, 6.07) is 16.9. The molecule has 2 aromatic rings. The summed E-state index contributed by atoms with van der Waals surface area (Å²) in [5.41, 5.74) is 8.73. The quantitative estimate of drug-likeness (QED) is 0.794. The molecule has 2 aromatic carbocycles. The SMILES string of the molecule is COc1ccc(Cc2[c]cc(N)cc2)cc1. The Kier molecular flexibility index (Phi) is 3.10. The van der Waals surface area contributed by atoms with Crippen molar-refractivity contribution in [1.82, 2.24) is 0 Å². The van der Waals surface area contributed by atoms with Crippen molar-refractivity contribution in [2.75, 3.05) is 12.8 Å². The monoisotopic (exact) mass is 212 g/mol. The standard InChI is InChI=1S/C14H14NO/c1-16-14-8-4-12(5-9-14)10-11-2-6-13(15)7-3-11/h2,4-9H,10,15H2,1H3. The molecular weight excluding hydrogens is 198 g/mol. The minimum atomic E-state index is 0.749. The lowest BCUT2D eigenvalue weighted by Gasteiger charge is -2.03. The molecule has 0 fully saturated rings. The van der Waals surface area contributed by atoms with Crippen LogP contribution in [0.1, 0.15) is 11.1 Å². The zero-order valence-corrected chi connectivity index (χ0v) is 9.23. The van der Waals surface area contributed by atoms with Crippen molar-refractivity contribution < 1.29 is 4.74 Å². The Hall–Kier alpha value is -1.96. The molecule has 0 bridgehead atoms. The molecule has 0 unspecified atom stereocenters. The first kappa shape index (κ1) is 10.6. The van der Waals surface area contributed by atoms with Crippen LogP contribution in [0.5, 0.6) is 5.75 Å². The third-order valence-electron chi connectivity index (χ3n) is 2.45. The maximum Gasteiger partial charge on any atom is 0.118 e. The summed E-state index contributed by atoms with van der Waals surface area (Å²) in [7, 11) is 1.67. The van der Waals surface area contributed by atoms with Gasteiger partial charge in [-0.15, -0.1) is 0 Å². The largest absolute Gasteiger partial charge is 0.497 e. The second kappa shape index (κ2) is 4.71. The topological polar surface area (TPSA) is 35.2 Å².